The predicted molar refractivity (Wildman–Crippen MR) is 117 cm³/mol. The van der Waals surface area contributed by atoms with Crippen molar-refractivity contribution in [1.82, 2.24) is 20.1 Å². The smallest absolute Gasteiger partial charge is 0.315 e. The summed E-state index contributed by atoms with van der Waals surface area (Å²) in [7, 11) is 0. The summed E-state index contributed by atoms with van der Waals surface area (Å²) in [4.78, 5) is 34.8. The number of hydrogen-bond acceptors (Lipinski definition) is 4. The molecule has 2 saturated heterocycles. The number of pyridine rings is 1. The van der Waals surface area contributed by atoms with Gasteiger partial charge in [0.25, 0.3) is 5.91 Å². The van der Waals surface area contributed by atoms with Crippen LogP contribution in [-0.4, -0.2) is 39.9 Å². The number of hydrogen-bond donors (Lipinski definition) is 1. The molecule has 1 N–H and O–H groups in total. The first-order valence-corrected chi connectivity index (χ1v) is 10.6. The van der Waals surface area contributed by atoms with E-state index in [1.807, 2.05) is 72.9 Å². The summed E-state index contributed by atoms with van der Waals surface area (Å²) in [5.74, 6) is -0.244. The van der Waals surface area contributed by atoms with Crippen molar-refractivity contribution in [3.8, 4) is 0 Å². The first-order valence-electron chi connectivity index (χ1n) is 10.6. The highest BCUT2D eigenvalue weighted by molar-refractivity contribution is 6.09. The number of likely N-dealkylation sites (tertiary alicyclic amines) is 1. The van der Waals surface area contributed by atoms with Crippen LogP contribution in [0.3, 0.4) is 0 Å². The van der Waals surface area contributed by atoms with Crippen LogP contribution in [0.1, 0.15) is 35.6 Å². The molecule has 2 aliphatic heterocycles. The minimum Gasteiger partial charge on any atom is -0.315 e. The Morgan fingerprint density at radius 2 is 1.61 bits per heavy atom. The third-order valence-corrected chi connectivity index (χ3v) is 6.28. The summed E-state index contributed by atoms with van der Waals surface area (Å²) in [5, 5.41) is 3.03. The van der Waals surface area contributed by atoms with E-state index in [0.29, 0.717) is 0 Å². The SMILES string of the molecule is O=C1NC(c2ccccc2)(c2ccccc2)C(=O)N1CN1CCC[C@H]1c1cccnc1. The molecule has 3 heterocycles. The summed E-state index contributed by atoms with van der Waals surface area (Å²) in [6, 6.07) is 22.7. The molecule has 0 bridgehead atoms. The van der Waals surface area contributed by atoms with Crippen LogP contribution >= 0.6 is 0 Å². The zero-order chi connectivity index (χ0) is 21.3. The number of aromatic nitrogens is 1. The Morgan fingerprint density at radius 1 is 0.935 bits per heavy atom. The molecule has 2 aromatic carbocycles. The van der Waals surface area contributed by atoms with Crippen molar-refractivity contribution >= 4 is 11.9 Å². The van der Waals surface area contributed by atoms with Crippen LogP contribution in [0.5, 0.6) is 0 Å². The van der Waals surface area contributed by atoms with Crippen LogP contribution in [0.15, 0.2) is 85.2 Å². The van der Waals surface area contributed by atoms with E-state index in [2.05, 4.69) is 21.3 Å². The second-order valence-corrected chi connectivity index (χ2v) is 8.04. The Kier molecular flexibility index (Phi) is 5.00. The highest BCUT2D eigenvalue weighted by Crippen LogP contribution is 2.38. The normalized spacial score (nSPS) is 20.8. The summed E-state index contributed by atoms with van der Waals surface area (Å²) < 4.78 is 0. The van der Waals surface area contributed by atoms with E-state index in [9.17, 15) is 9.59 Å². The van der Waals surface area contributed by atoms with Gasteiger partial charge in [0, 0.05) is 25.0 Å². The number of imide groups is 1. The molecule has 31 heavy (non-hydrogen) atoms. The molecule has 6 nitrogen and oxygen atoms in total. The number of benzene rings is 2. The van der Waals surface area contributed by atoms with E-state index in [1.165, 1.54) is 4.90 Å². The molecule has 0 spiro atoms. The van der Waals surface area contributed by atoms with Gasteiger partial charge in [0.15, 0.2) is 5.54 Å². The quantitative estimate of drug-likeness (QED) is 0.650. The number of nitrogens with zero attached hydrogens (tertiary/aromatic N) is 3. The average Bonchev–Trinajstić information content (AvgIpc) is 3.39. The van der Waals surface area contributed by atoms with Gasteiger partial charge in [-0.25, -0.2) is 9.69 Å². The number of amides is 3. The molecule has 3 aromatic rings. The molecule has 0 radical (unpaired) electrons. The van der Waals surface area contributed by atoms with Crippen molar-refractivity contribution in [2.75, 3.05) is 13.2 Å². The number of carbonyl (C=O) groups is 2. The van der Waals surface area contributed by atoms with Crippen molar-refractivity contribution in [3.63, 3.8) is 0 Å². The zero-order valence-corrected chi connectivity index (χ0v) is 17.1. The van der Waals surface area contributed by atoms with E-state index in [1.54, 1.807) is 6.20 Å². The second kappa shape index (κ2) is 7.96. The Morgan fingerprint density at radius 3 is 2.23 bits per heavy atom. The highest BCUT2D eigenvalue weighted by atomic mass is 16.2. The minimum atomic E-state index is -1.22. The molecule has 1 atom stereocenters. The van der Waals surface area contributed by atoms with E-state index in [4.69, 9.17) is 0 Å². The number of carbonyl (C=O) groups excluding carboxylic acids is 2. The molecule has 3 amide bonds. The van der Waals surface area contributed by atoms with Crippen molar-refractivity contribution in [3.05, 3.63) is 102 Å². The maximum atomic E-state index is 13.9. The van der Waals surface area contributed by atoms with Crippen LogP contribution in [-0.2, 0) is 10.3 Å². The first-order chi connectivity index (χ1) is 15.2. The van der Waals surface area contributed by atoms with Gasteiger partial charge in [-0.1, -0.05) is 66.7 Å². The monoisotopic (exact) mass is 412 g/mol. The standard InChI is InChI=1S/C25H24N4O2/c30-23-25(20-10-3-1-4-11-20,21-12-5-2-6-13-21)27-24(31)29(23)18-28-16-8-14-22(28)19-9-7-15-26-17-19/h1-7,9-13,15,17,22H,8,14,16,18H2,(H,27,31)/t22-/m0/s1. The van der Waals surface area contributed by atoms with Crippen molar-refractivity contribution in [1.29, 1.82) is 0 Å². The molecular formula is C25H24N4O2. The van der Waals surface area contributed by atoms with Crippen LogP contribution in [0.4, 0.5) is 4.79 Å². The van der Waals surface area contributed by atoms with Crippen LogP contribution in [0.2, 0.25) is 0 Å². The Bertz CT molecular complexity index is 1030. The van der Waals surface area contributed by atoms with Crippen LogP contribution < -0.4 is 5.32 Å². The average molecular weight is 412 g/mol. The van der Waals surface area contributed by atoms with Gasteiger partial charge in [-0.15, -0.1) is 0 Å². The molecule has 2 aliphatic rings. The van der Waals surface area contributed by atoms with Crippen molar-refractivity contribution < 1.29 is 9.59 Å². The maximum Gasteiger partial charge on any atom is 0.326 e. The maximum absolute atomic E-state index is 13.9. The van der Waals surface area contributed by atoms with Crippen molar-refractivity contribution in [2.45, 2.75) is 24.4 Å². The Labute approximate surface area is 181 Å². The molecule has 6 heteroatoms. The molecule has 0 unspecified atom stereocenters. The summed E-state index contributed by atoms with van der Waals surface area (Å²) in [6.45, 7) is 1.09. The van der Waals surface area contributed by atoms with Crippen LogP contribution in [0, 0.1) is 0 Å². The lowest BCUT2D eigenvalue weighted by Gasteiger charge is -2.30. The van der Waals surface area contributed by atoms with E-state index >= 15 is 0 Å². The first kappa shape index (κ1) is 19.5. The highest BCUT2D eigenvalue weighted by Gasteiger charge is 2.54. The minimum absolute atomic E-state index is 0.151. The molecule has 2 fully saturated rings. The third-order valence-electron chi connectivity index (χ3n) is 6.28. The lowest BCUT2D eigenvalue weighted by Crippen LogP contribution is -2.46. The fourth-order valence-corrected chi connectivity index (χ4v) is 4.77. The lowest BCUT2D eigenvalue weighted by molar-refractivity contribution is -0.131. The topological polar surface area (TPSA) is 65.5 Å². The number of rotatable bonds is 5. The van der Waals surface area contributed by atoms with E-state index in [0.717, 1.165) is 36.1 Å². The number of nitrogens with one attached hydrogen (secondary N) is 1. The van der Waals surface area contributed by atoms with E-state index in [-0.39, 0.29) is 24.6 Å². The number of urea groups is 1. The fraction of sp³-hybridized carbons (Fsp3) is 0.240. The summed E-state index contributed by atoms with van der Waals surface area (Å²) >= 11 is 0. The van der Waals surface area contributed by atoms with Gasteiger partial charge in [-0.05, 0) is 35.6 Å². The zero-order valence-electron chi connectivity index (χ0n) is 17.1. The summed E-state index contributed by atoms with van der Waals surface area (Å²) in [5.41, 5.74) is 1.41. The predicted octanol–water partition coefficient (Wildman–Crippen LogP) is 3.67. The van der Waals surface area contributed by atoms with Gasteiger partial charge in [-0.3, -0.25) is 14.7 Å². The van der Waals surface area contributed by atoms with Gasteiger partial charge in [0.2, 0.25) is 0 Å². The largest absolute Gasteiger partial charge is 0.326 e. The molecule has 156 valence electrons. The molecular weight excluding hydrogens is 388 g/mol. The van der Waals surface area contributed by atoms with Gasteiger partial charge < -0.3 is 5.32 Å². The van der Waals surface area contributed by atoms with Gasteiger partial charge in [-0.2, -0.15) is 0 Å². The molecule has 1 aromatic heterocycles. The van der Waals surface area contributed by atoms with Crippen molar-refractivity contribution in [2.24, 2.45) is 0 Å². The van der Waals surface area contributed by atoms with Crippen LogP contribution in [0.25, 0.3) is 0 Å². The second-order valence-electron chi connectivity index (χ2n) is 8.04. The molecule has 5 rings (SSSR count). The summed E-state index contributed by atoms with van der Waals surface area (Å²) in [6.07, 6.45) is 5.63. The Balaban J connectivity index is 1.49. The van der Waals surface area contributed by atoms with Gasteiger partial charge in [0.05, 0.1) is 6.67 Å². The lowest BCUT2D eigenvalue weighted by atomic mass is 9.83. The van der Waals surface area contributed by atoms with Gasteiger partial charge in [0.1, 0.15) is 0 Å². The Hall–Kier alpha value is -3.51. The molecule has 0 saturated carbocycles. The van der Waals surface area contributed by atoms with Gasteiger partial charge >= 0.3 is 6.03 Å². The molecule has 0 aliphatic carbocycles. The third kappa shape index (κ3) is 3.29. The van der Waals surface area contributed by atoms with E-state index < -0.39 is 5.54 Å². The fourth-order valence-electron chi connectivity index (χ4n) is 4.77.